The molecule has 1 atom stereocenters. The van der Waals surface area contributed by atoms with Crippen molar-refractivity contribution in [2.24, 2.45) is 9.98 Å². The molecule has 5 rings (SSSR count). The Morgan fingerprint density at radius 1 is 0.969 bits per heavy atom. The van der Waals surface area contributed by atoms with Crippen molar-refractivity contribution in [3.05, 3.63) is 95.9 Å². The molecule has 6 nitrogen and oxygen atoms in total. The van der Waals surface area contributed by atoms with E-state index in [2.05, 4.69) is 20.1 Å². The minimum atomic E-state index is -0.957. The van der Waals surface area contributed by atoms with Gasteiger partial charge in [0.2, 0.25) is 5.88 Å². The van der Waals surface area contributed by atoms with Crippen LogP contribution in [0, 0.1) is 11.6 Å². The molecule has 2 aromatic carbocycles. The maximum absolute atomic E-state index is 14.0. The summed E-state index contributed by atoms with van der Waals surface area (Å²) in [7, 11) is 0. The van der Waals surface area contributed by atoms with Crippen molar-refractivity contribution < 1.29 is 18.0 Å². The summed E-state index contributed by atoms with van der Waals surface area (Å²) >= 11 is 0. The molecule has 0 bridgehead atoms. The van der Waals surface area contributed by atoms with E-state index in [9.17, 15) is 8.78 Å². The second-order valence-electron chi connectivity index (χ2n) is 7.08. The maximum atomic E-state index is 14.0. The number of halogens is 2. The van der Waals surface area contributed by atoms with Gasteiger partial charge in [0, 0.05) is 36.5 Å². The molecule has 0 saturated heterocycles. The summed E-state index contributed by atoms with van der Waals surface area (Å²) in [5.41, 5.74) is 1.56. The van der Waals surface area contributed by atoms with Gasteiger partial charge in [-0.25, -0.2) is 18.8 Å². The van der Waals surface area contributed by atoms with Gasteiger partial charge in [0.15, 0.2) is 17.5 Å². The summed E-state index contributed by atoms with van der Waals surface area (Å²) in [5.74, 6) is 0.0527. The molecular weight excluding hydrogens is 414 g/mol. The average Bonchev–Trinajstić information content (AvgIpc) is 3.47. The summed E-state index contributed by atoms with van der Waals surface area (Å²) in [6.45, 7) is 0. The number of rotatable bonds is 6. The van der Waals surface area contributed by atoms with Gasteiger partial charge in [-0.15, -0.1) is 0 Å². The third-order valence-electron chi connectivity index (χ3n) is 4.83. The number of nitrogens with zero attached hydrogens (tertiary/aromatic N) is 4. The number of aromatic nitrogens is 2. The number of pyridine rings is 1. The third kappa shape index (κ3) is 4.15. The summed E-state index contributed by atoms with van der Waals surface area (Å²) in [6, 6.07) is 18.3. The fourth-order valence-corrected chi connectivity index (χ4v) is 3.27. The zero-order valence-corrected chi connectivity index (χ0v) is 16.7. The highest BCUT2D eigenvalue weighted by molar-refractivity contribution is 6.07. The van der Waals surface area contributed by atoms with E-state index < -0.39 is 11.6 Å². The first-order valence-corrected chi connectivity index (χ1v) is 9.87. The first kappa shape index (κ1) is 19.7. The second-order valence-corrected chi connectivity index (χ2v) is 7.08. The first-order chi connectivity index (χ1) is 15.7. The lowest BCUT2D eigenvalue weighted by molar-refractivity contribution is 0.383. The summed E-state index contributed by atoms with van der Waals surface area (Å²) in [5, 5.41) is 4.11. The quantitative estimate of drug-likeness (QED) is 0.419. The van der Waals surface area contributed by atoms with Crippen molar-refractivity contribution in [3.8, 4) is 22.9 Å². The SMILES string of the molecule is Fc1cccc(C2=NC(Cc3cc(-c4ccc(Oc5ccccn5)cc4)no3)C=N2)c1F. The number of hydrogen-bond donors (Lipinski definition) is 0. The Morgan fingerprint density at radius 2 is 1.84 bits per heavy atom. The molecule has 4 aromatic rings. The Bertz CT molecular complexity index is 1300. The van der Waals surface area contributed by atoms with Crippen LogP contribution in [0.3, 0.4) is 0 Å². The van der Waals surface area contributed by atoms with Gasteiger partial charge < -0.3 is 9.26 Å². The maximum Gasteiger partial charge on any atom is 0.219 e. The van der Waals surface area contributed by atoms with Crippen molar-refractivity contribution in [1.29, 1.82) is 0 Å². The summed E-state index contributed by atoms with van der Waals surface area (Å²) < 4.78 is 38.6. The number of ether oxygens (including phenoxy) is 1. The molecule has 1 aliphatic heterocycles. The molecule has 32 heavy (non-hydrogen) atoms. The number of benzene rings is 2. The molecule has 0 N–H and O–H groups in total. The fraction of sp³-hybridized carbons (Fsp3) is 0.0833. The lowest BCUT2D eigenvalue weighted by Crippen LogP contribution is -2.07. The Labute approximate surface area is 181 Å². The van der Waals surface area contributed by atoms with E-state index in [0.717, 1.165) is 11.6 Å². The molecule has 0 amide bonds. The minimum absolute atomic E-state index is 0.0371. The largest absolute Gasteiger partial charge is 0.439 e. The van der Waals surface area contributed by atoms with Gasteiger partial charge in [0.1, 0.15) is 17.2 Å². The van der Waals surface area contributed by atoms with Crippen LogP contribution in [-0.4, -0.2) is 28.2 Å². The number of aliphatic imine (C=N–C) groups is 2. The van der Waals surface area contributed by atoms with Gasteiger partial charge >= 0.3 is 0 Å². The van der Waals surface area contributed by atoms with Crippen LogP contribution in [0.1, 0.15) is 11.3 Å². The number of hydrogen-bond acceptors (Lipinski definition) is 6. The topological polar surface area (TPSA) is 72.9 Å². The lowest BCUT2D eigenvalue weighted by Gasteiger charge is -2.04. The molecule has 2 aromatic heterocycles. The highest BCUT2D eigenvalue weighted by Crippen LogP contribution is 2.25. The molecule has 1 unspecified atom stereocenters. The minimum Gasteiger partial charge on any atom is -0.439 e. The molecule has 158 valence electrons. The molecule has 8 heteroatoms. The van der Waals surface area contributed by atoms with Crippen molar-refractivity contribution >= 4 is 12.1 Å². The van der Waals surface area contributed by atoms with Crippen molar-refractivity contribution in [2.45, 2.75) is 12.5 Å². The average molecular weight is 430 g/mol. The van der Waals surface area contributed by atoms with Gasteiger partial charge in [-0.2, -0.15) is 0 Å². The molecular formula is C24H16F2N4O2. The van der Waals surface area contributed by atoms with Crippen molar-refractivity contribution in [3.63, 3.8) is 0 Å². The Hall–Kier alpha value is -4.20. The second kappa shape index (κ2) is 8.50. The molecule has 0 saturated carbocycles. The normalized spacial score (nSPS) is 15.1. The van der Waals surface area contributed by atoms with Crippen LogP contribution >= 0.6 is 0 Å². The van der Waals surface area contributed by atoms with E-state index in [4.69, 9.17) is 9.26 Å². The van der Waals surface area contributed by atoms with Gasteiger partial charge in [-0.3, -0.25) is 4.99 Å². The van der Waals surface area contributed by atoms with Crippen molar-refractivity contribution in [1.82, 2.24) is 10.1 Å². The van der Waals surface area contributed by atoms with E-state index in [1.54, 1.807) is 18.5 Å². The van der Waals surface area contributed by atoms with Crippen molar-refractivity contribution in [2.75, 3.05) is 0 Å². The zero-order valence-electron chi connectivity index (χ0n) is 16.7. The molecule has 0 aliphatic carbocycles. The third-order valence-corrected chi connectivity index (χ3v) is 4.83. The number of amidine groups is 1. The van der Waals surface area contributed by atoms with E-state index in [1.807, 2.05) is 42.5 Å². The fourth-order valence-electron chi connectivity index (χ4n) is 3.27. The highest BCUT2D eigenvalue weighted by atomic mass is 19.2. The first-order valence-electron chi connectivity index (χ1n) is 9.87. The van der Waals surface area contributed by atoms with E-state index in [-0.39, 0.29) is 17.4 Å². The highest BCUT2D eigenvalue weighted by Gasteiger charge is 2.20. The molecule has 0 radical (unpaired) electrons. The Balaban J connectivity index is 1.26. The Kier molecular flexibility index (Phi) is 5.25. The smallest absolute Gasteiger partial charge is 0.219 e. The van der Waals surface area contributed by atoms with Crippen LogP contribution in [0.4, 0.5) is 8.78 Å². The zero-order chi connectivity index (χ0) is 21.9. The lowest BCUT2D eigenvalue weighted by atomic mass is 10.1. The van der Waals surface area contributed by atoms with Gasteiger partial charge in [0.25, 0.3) is 0 Å². The molecule has 0 spiro atoms. The van der Waals surface area contributed by atoms with E-state index in [1.165, 1.54) is 12.1 Å². The summed E-state index contributed by atoms with van der Waals surface area (Å²) in [4.78, 5) is 12.6. The standard InChI is InChI=1S/C24H16F2N4O2/c25-20-5-3-4-19(23(20)26)24-28-14-16(29-24)12-18-13-21(30-32-18)15-7-9-17(10-8-15)31-22-6-1-2-11-27-22/h1-11,13-14,16H,12H2. The van der Waals surface area contributed by atoms with Gasteiger partial charge in [0.05, 0.1) is 11.6 Å². The van der Waals surface area contributed by atoms with Crippen LogP contribution in [0.5, 0.6) is 11.6 Å². The van der Waals surface area contributed by atoms with Crippen LogP contribution in [0.25, 0.3) is 11.3 Å². The van der Waals surface area contributed by atoms with Crippen LogP contribution < -0.4 is 4.74 Å². The summed E-state index contributed by atoms with van der Waals surface area (Å²) in [6.07, 6.45) is 3.65. The molecule has 3 heterocycles. The van der Waals surface area contributed by atoms with Crippen LogP contribution in [0.15, 0.2) is 87.4 Å². The van der Waals surface area contributed by atoms with Crippen LogP contribution in [0.2, 0.25) is 0 Å². The Morgan fingerprint density at radius 3 is 2.66 bits per heavy atom. The van der Waals surface area contributed by atoms with Gasteiger partial charge in [-0.1, -0.05) is 17.3 Å². The van der Waals surface area contributed by atoms with E-state index >= 15 is 0 Å². The molecule has 0 fully saturated rings. The molecule has 1 aliphatic rings. The van der Waals surface area contributed by atoms with E-state index in [0.29, 0.717) is 29.5 Å². The van der Waals surface area contributed by atoms with Crippen LogP contribution in [-0.2, 0) is 6.42 Å². The van der Waals surface area contributed by atoms with Gasteiger partial charge in [-0.05, 0) is 42.5 Å². The predicted octanol–water partition coefficient (Wildman–Crippen LogP) is 5.25. The monoisotopic (exact) mass is 430 g/mol. The predicted molar refractivity (Wildman–Crippen MR) is 115 cm³/mol.